The summed E-state index contributed by atoms with van der Waals surface area (Å²) in [5, 5.41) is 16.8. The van der Waals surface area contributed by atoms with Crippen LogP contribution < -0.4 is 0 Å². The topological polar surface area (TPSA) is 50.9 Å². The predicted molar refractivity (Wildman–Crippen MR) is 96.3 cm³/mol. The summed E-state index contributed by atoms with van der Waals surface area (Å²) in [5.41, 5.74) is 0.662. The summed E-state index contributed by atoms with van der Waals surface area (Å²) in [6.07, 6.45) is 21.2. The third kappa shape index (κ3) is 11.3. The Hall–Kier alpha value is -0.900. The van der Waals surface area contributed by atoms with Gasteiger partial charge in [-0.2, -0.15) is 0 Å². The lowest BCUT2D eigenvalue weighted by molar-refractivity contribution is 0.276. The molecule has 0 aliphatic heterocycles. The van der Waals surface area contributed by atoms with Crippen molar-refractivity contribution in [3.05, 3.63) is 11.9 Å². The van der Waals surface area contributed by atoms with E-state index in [0.29, 0.717) is 5.69 Å². The number of hydrogen-bond donors (Lipinski definition) is 1. The maximum Gasteiger partial charge on any atom is 0.108 e. The molecule has 0 aliphatic rings. The minimum Gasteiger partial charge on any atom is -0.390 e. The fourth-order valence-electron chi connectivity index (χ4n) is 2.99. The molecule has 0 bridgehead atoms. The minimum atomic E-state index is -0.0151. The molecule has 0 saturated carbocycles. The first-order chi connectivity index (χ1) is 11.4. The van der Waals surface area contributed by atoms with Crippen molar-refractivity contribution in [1.29, 1.82) is 0 Å². The van der Waals surface area contributed by atoms with Gasteiger partial charge in [0.15, 0.2) is 0 Å². The molecule has 1 heterocycles. The number of unbranched alkanes of at least 4 members (excludes halogenated alkanes) is 13. The zero-order valence-corrected chi connectivity index (χ0v) is 15.2. The van der Waals surface area contributed by atoms with E-state index in [1.807, 2.05) is 10.9 Å². The van der Waals surface area contributed by atoms with Gasteiger partial charge in [-0.25, -0.2) is 0 Å². The number of aliphatic hydroxyl groups is 1. The second-order valence-corrected chi connectivity index (χ2v) is 6.73. The highest BCUT2D eigenvalue weighted by Gasteiger charge is 1.98. The van der Waals surface area contributed by atoms with Gasteiger partial charge in [0.1, 0.15) is 5.69 Å². The Labute approximate surface area is 142 Å². The summed E-state index contributed by atoms with van der Waals surface area (Å²) < 4.78 is 1.84. The molecule has 0 atom stereocenters. The average molecular weight is 324 g/mol. The van der Waals surface area contributed by atoms with Crippen molar-refractivity contribution in [3.8, 4) is 0 Å². The lowest BCUT2D eigenvalue weighted by Gasteiger charge is -2.03. The molecule has 0 aromatic carbocycles. The molecule has 1 aromatic heterocycles. The van der Waals surface area contributed by atoms with Gasteiger partial charge in [-0.05, 0) is 6.42 Å². The number of nitrogens with zero attached hydrogens (tertiary/aromatic N) is 3. The molecule has 0 saturated heterocycles. The second-order valence-electron chi connectivity index (χ2n) is 6.73. The summed E-state index contributed by atoms with van der Waals surface area (Å²) in [7, 11) is 0. The maximum absolute atomic E-state index is 8.93. The first-order valence-corrected chi connectivity index (χ1v) is 9.86. The van der Waals surface area contributed by atoms with Gasteiger partial charge in [-0.15, -0.1) is 5.10 Å². The fourth-order valence-corrected chi connectivity index (χ4v) is 2.99. The van der Waals surface area contributed by atoms with Gasteiger partial charge in [0.2, 0.25) is 0 Å². The predicted octanol–water partition coefficient (Wildman–Crippen LogP) is 5.25. The highest BCUT2D eigenvalue weighted by molar-refractivity contribution is 4.88. The van der Waals surface area contributed by atoms with Gasteiger partial charge in [0.25, 0.3) is 0 Å². The van der Waals surface area contributed by atoms with Gasteiger partial charge < -0.3 is 5.11 Å². The molecule has 4 heteroatoms. The van der Waals surface area contributed by atoms with Crippen LogP contribution in [0.1, 0.15) is 103 Å². The normalized spacial score (nSPS) is 11.2. The first-order valence-electron chi connectivity index (χ1n) is 9.86. The molecule has 1 aromatic rings. The van der Waals surface area contributed by atoms with E-state index in [9.17, 15) is 0 Å². The molecule has 0 fully saturated rings. The molecule has 134 valence electrons. The molecule has 0 aliphatic carbocycles. The van der Waals surface area contributed by atoms with Gasteiger partial charge in [0, 0.05) is 6.54 Å². The van der Waals surface area contributed by atoms with Gasteiger partial charge in [-0.3, -0.25) is 4.68 Å². The van der Waals surface area contributed by atoms with E-state index in [0.717, 1.165) is 13.0 Å². The molecule has 23 heavy (non-hydrogen) atoms. The Kier molecular flexibility index (Phi) is 12.9. The minimum absolute atomic E-state index is 0.0151. The van der Waals surface area contributed by atoms with Crippen LogP contribution >= 0.6 is 0 Å². The molecule has 1 N–H and O–H groups in total. The summed E-state index contributed by atoms with van der Waals surface area (Å²) in [6.45, 7) is 3.19. The summed E-state index contributed by atoms with van der Waals surface area (Å²) >= 11 is 0. The van der Waals surface area contributed by atoms with Crippen molar-refractivity contribution in [3.63, 3.8) is 0 Å². The number of aliphatic hydroxyl groups excluding tert-OH is 1. The highest BCUT2D eigenvalue weighted by atomic mass is 16.3. The smallest absolute Gasteiger partial charge is 0.108 e. The zero-order chi connectivity index (χ0) is 16.6. The lowest BCUT2D eigenvalue weighted by atomic mass is 10.0. The number of aromatic nitrogens is 3. The second kappa shape index (κ2) is 14.7. The maximum atomic E-state index is 8.93. The molecule has 0 spiro atoms. The lowest BCUT2D eigenvalue weighted by Crippen LogP contribution is -1.98. The van der Waals surface area contributed by atoms with Crippen LogP contribution in [0.5, 0.6) is 0 Å². The van der Waals surface area contributed by atoms with E-state index < -0.39 is 0 Å². The Bertz CT molecular complexity index is 365. The molecular weight excluding hydrogens is 286 g/mol. The number of rotatable bonds is 16. The quantitative estimate of drug-likeness (QED) is 0.423. The van der Waals surface area contributed by atoms with E-state index in [1.165, 1.54) is 83.5 Å². The first kappa shape index (κ1) is 20.1. The van der Waals surface area contributed by atoms with Crippen LogP contribution in [0.3, 0.4) is 0 Å². The molecule has 0 amide bonds. The molecule has 0 radical (unpaired) electrons. The Morgan fingerprint density at radius 3 is 1.70 bits per heavy atom. The van der Waals surface area contributed by atoms with Crippen LogP contribution in [0.2, 0.25) is 0 Å². The van der Waals surface area contributed by atoms with Crippen molar-refractivity contribution >= 4 is 0 Å². The highest BCUT2D eigenvalue weighted by Crippen LogP contribution is 2.13. The van der Waals surface area contributed by atoms with Crippen LogP contribution in [-0.2, 0) is 13.2 Å². The van der Waals surface area contributed by atoms with E-state index in [4.69, 9.17) is 5.11 Å². The largest absolute Gasteiger partial charge is 0.390 e. The molecular formula is C19H37N3O. The molecule has 0 unspecified atom stereocenters. The van der Waals surface area contributed by atoms with Crippen molar-refractivity contribution in [2.75, 3.05) is 0 Å². The number of hydrogen-bond acceptors (Lipinski definition) is 3. The van der Waals surface area contributed by atoms with Gasteiger partial charge in [0.05, 0.1) is 12.8 Å². The van der Waals surface area contributed by atoms with Crippen LogP contribution in [-0.4, -0.2) is 20.1 Å². The van der Waals surface area contributed by atoms with Crippen LogP contribution in [0, 0.1) is 0 Å². The SMILES string of the molecule is CCCCCCCCCCCCCCCCn1cc(CO)nn1. The van der Waals surface area contributed by atoms with Crippen LogP contribution in [0.15, 0.2) is 6.20 Å². The molecule has 1 rings (SSSR count). The fraction of sp³-hybridized carbons (Fsp3) is 0.895. The standard InChI is InChI=1S/C19H37N3O/c1-2-3-4-5-6-7-8-9-10-11-12-13-14-15-16-22-17-19(18-23)20-21-22/h17,23H,2-16,18H2,1H3. The third-order valence-corrected chi connectivity index (χ3v) is 4.49. The summed E-state index contributed by atoms with van der Waals surface area (Å²) in [6, 6.07) is 0. The van der Waals surface area contributed by atoms with E-state index in [1.54, 1.807) is 0 Å². The zero-order valence-electron chi connectivity index (χ0n) is 15.2. The van der Waals surface area contributed by atoms with Crippen LogP contribution in [0.4, 0.5) is 0 Å². The van der Waals surface area contributed by atoms with Crippen molar-refractivity contribution in [2.24, 2.45) is 0 Å². The van der Waals surface area contributed by atoms with E-state index in [-0.39, 0.29) is 6.61 Å². The molecule has 4 nitrogen and oxygen atoms in total. The summed E-state index contributed by atoms with van der Waals surface area (Å²) in [5.74, 6) is 0. The monoisotopic (exact) mass is 323 g/mol. The summed E-state index contributed by atoms with van der Waals surface area (Å²) in [4.78, 5) is 0. The van der Waals surface area contributed by atoms with E-state index >= 15 is 0 Å². The Morgan fingerprint density at radius 2 is 1.26 bits per heavy atom. The Morgan fingerprint density at radius 1 is 0.783 bits per heavy atom. The van der Waals surface area contributed by atoms with Gasteiger partial charge in [-0.1, -0.05) is 95.6 Å². The Balaban J connectivity index is 1.76. The van der Waals surface area contributed by atoms with Crippen molar-refractivity contribution in [1.82, 2.24) is 15.0 Å². The van der Waals surface area contributed by atoms with Crippen molar-refractivity contribution in [2.45, 2.75) is 110 Å². The average Bonchev–Trinajstić information content (AvgIpc) is 3.03. The van der Waals surface area contributed by atoms with E-state index in [2.05, 4.69) is 17.2 Å². The number of aryl methyl sites for hydroxylation is 1. The van der Waals surface area contributed by atoms with Gasteiger partial charge >= 0.3 is 0 Å². The third-order valence-electron chi connectivity index (χ3n) is 4.49. The van der Waals surface area contributed by atoms with Crippen LogP contribution in [0.25, 0.3) is 0 Å². The van der Waals surface area contributed by atoms with Crippen molar-refractivity contribution < 1.29 is 5.11 Å².